The van der Waals surface area contributed by atoms with E-state index >= 15 is 0 Å². The van der Waals surface area contributed by atoms with Crippen LogP contribution in [0.2, 0.25) is 0 Å². The smallest absolute Gasteiger partial charge is 0.169 e. The van der Waals surface area contributed by atoms with Gasteiger partial charge in [-0.05, 0) is 0 Å². The molecule has 60 valence electrons. The number of halogens is 3. The molecule has 0 fully saturated rings. The highest BCUT2D eigenvalue weighted by atomic mass is 19.2. The second-order valence-corrected chi connectivity index (χ2v) is 1.70. The van der Waals surface area contributed by atoms with Crippen molar-refractivity contribution < 1.29 is 18.4 Å². The molecule has 0 amide bonds. The van der Waals surface area contributed by atoms with E-state index in [1.807, 2.05) is 0 Å². The number of nitrogens with zero attached hydrogens (tertiary/aromatic N) is 1. The van der Waals surface area contributed by atoms with Gasteiger partial charge in [-0.3, -0.25) is 4.39 Å². The van der Waals surface area contributed by atoms with Gasteiger partial charge < -0.3 is 5.21 Å². The van der Waals surface area contributed by atoms with E-state index in [2.05, 4.69) is 5.16 Å². The van der Waals surface area contributed by atoms with Crippen molar-refractivity contribution >= 4 is 6.21 Å². The summed E-state index contributed by atoms with van der Waals surface area (Å²) in [6.07, 6.45) is -4.05. The van der Waals surface area contributed by atoms with Crippen molar-refractivity contribution in [1.29, 1.82) is 0 Å². The van der Waals surface area contributed by atoms with Gasteiger partial charge >= 0.3 is 0 Å². The molecule has 0 aliphatic carbocycles. The van der Waals surface area contributed by atoms with Crippen LogP contribution in [-0.2, 0) is 0 Å². The lowest BCUT2D eigenvalue weighted by atomic mass is 10.2. The first-order chi connectivity index (χ1) is 4.72. The third-order valence-electron chi connectivity index (χ3n) is 0.939. The molecule has 2 atom stereocenters. The fourth-order valence-electron chi connectivity index (χ4n) is 0.421. The topological polar surface area (TPSA) is 32.6 Å². The van der Waals surface area contributed by atoms with Gasteiger partial charge in [-0.25, -0.2) is 8.78 Å². The maximum absolute atomic E-state index is 12.2. The number of hydrogen-bond donors (Lipinski definition) is 1. The standard InChI is InChI=1S/C5H8F3NO/c6-2-1-4(7)5(8)3-9-10/h3-5,10H,1-2H2. The summed E-state index contributed by atoms with van der Waals surface area (Å²) >= 11 is 0. The van der Waals surface area contributed by atoms with E-state index in [1.165, 1.54) is 0 Å². The summed E-state index contributed by atoms with van der Waals surface area (Å²) in [5.41, 5.74) is 0. The maximum Gasteiger partial charge on any atom is 0.169 e. The summed E-state index contributed by atoms with van der Waals surface area (Å²) in [6.45, 7) is -0.916. The first kappa shape index (κ1) is 9.26. The number of hydrogen-bond acceptors (Lipinski definition) is 2. The quantitative estimate of drug-likeness (QED) is 0.372. The van der Waals surface area contributed by atoms with E-state index in [1.54, 1.807) is 0 Å². The Balaban J connectivity index is 3.58. The van der Waals surface area contributed by atoms with Gasteiger partial charge in [0.2, 0.25) is 0 Å². The van der Waals surface area contributed by atoms with Crippen LogP contribution in [0.25, 0.3) is 0 Å². The van der Waals surface area contributed by atoms with Crippen molar-refractivity contribution in [3.8, 4) is 0 Å². The van der Waals surface area contributed by atoms with Crippen LogP contribution < -0.4 is 0 Å². The van der Waals surface area contributed by atoms with E-state index in [4.69, 9.17) is 5.21 Å². The van der Waals surface area contributed by atoms with Gasteiger partial charge in [0.15, 0.2) is 6.17 Å². The molecule has 0 saturated heterocycles. The van der Waals surface area contributed by atoms with Gasteiger partial charge in [0.05, 0.1) is 12.9 Å². The summed E-state index contributed by atoms with van der Waals surface area (Å²) < 4.78 is 35.6. The van der Waals surface area contributed by atoms with Crippen molar-refractivity contribution in [1.82, 2.24) is 0 Å². The molecule has 5 heteroatoms. The second kappa shape index (κ2) is 5.08. The van der Waals surface area contributed by atoms with Crippen LogP contribution in [0.4, 0.5) is 13.2 Å². The summed E-state index contributed by atoms with van der Waals surface area (Å²) in [6, 6.07) is 0. The molecule has 2 unspecified atom stereocenters. The van der Waals surface area contributed by atoms with E-state index in [0.29, 0.717) is 6.21 Å². The molecule has 0 heterocycles. The Morgan fingerprint density at radius 3 is 2.50 bits per heavy atom. The zero-order chi connectivity index (χ0) is 7.98. The minimum Gasteiger partial charge on any atom is -0.411 e. The first-order valence-corrected chi connectivity index (χ1v) is 2.74. The molecule has 0 radical (unpaired) electrons. The minimum absolute atomic E-state index is 0.389. The van der Waals surface area contributed by atoms with Crippen LogP contribution in [0, 0.1) is 0 Å². The Morgan fingerprint density at radius 2 is 2.10 bits per heavy atom. The number of alkyl halides is 3. The maximum atomic E-state index is 12.2. The van der Waals surface area contributed by atoms with Gasteiger partial charge in [0.1, 0.15) is 6.17 Å². The molecule has 0 aromatic carbocycles. The van der Waals surface area contributed by atoms with Gasteiger partial charge in [-0.15, -0.1) is 0 Å². The molecule has 0 aliphatic heterocycles. The highest BCUT2D eigenvalue weighted by Gasteiger charge is 2.17. The summed E-state index contributed by atoms with van der Waals surface area (Å²) in [5.74, 6) is 0. The molecule has 0 rings (SSSR count). The Hall–Kier alpha value is -0.740. The van der Waals surface area contributed by atoms with Crippen LogP contribution in [-0.4, -0.2) is 30.4 Å². The van der Waals surface area contributed by atoms with Crippen molar-refractivity contribution in [3.05, 3.63) is 0 Å². The summed E-state index contributed by atoms with van der Waals surface area (Å²) in [7, 11) is 0. The van der Waals surface area contributed by atoms with Crippen molar-refractivity contribution in [3.63, 3.8) is 0 Å². The van der Waals surface area contributed by atoms with Crippen LogP contribution in [0.1, 0.15) is 6.42 Å². The largest absolute Gasteiger partial charge is 0.411 e. The van der Waals surface area contributed by atoms with Crippen LogP contribution >= 0.6 is 0 Å². The van der Waals surface area contributed by atoms with Crippen molar-refractivity contribution in [2.24, 2.45) is 5.16 Å². The number of rotatable bonds is 4. The van der Waals surface area contributed by atoms with Gasteiger partial charge in [0.25, 0.3) is 0 Å². The van der Waals surface area contributed by atoms with Crippen LogP contribution in [0.15, 0.2) is 5.16 Å². The molecule has 0 bridgehead atoms. The molecule has 0 aromatic rings. The van der Waals surface area contributed by atoms with Gasteiger partial charge in [0, 0.05) is 6.42 Å². The molecular formula is C5H8F3NO. The average molecular weight is 155 g/mol. The summed E-state index contributed by atoms with van der Waals surface area (Å²) in [5, 5.41) is 10.00. The van der Waals surface area contributed by atoms with E-state index in [-0.39, 0.29) is 0 Å². The predicted octanol–water partition coefficient (Wildman–Crippen LogP) is 1.48. The Morgan fingerprint density at radius 1 is 1.50 bits per heavy atom. The fraction of sp³-hybridized carbons (Fsp3) is 0.800. The molecule has 0 spiro atoms. The average Bonchev–Trinajstić information content (AvgIpc) is 1.89. The molecule has 0 aromatic heterocycles. The third-order valence-corrected chi connectivity index (χ3v) is 0.939. The zero-order valence-electron chi connectivity index (χ0n) is 5.17. The van der Waals surface area contributed by atoms with Gasteiger partial charge in [-0.2, -0.15) is 0 Å². The molecule has 1 N–H and O–H groups in total. The summed E-state index contributed by atoms with van der Waals surface area (Å²) in [4.78, 5) is 0. The van der Waals surface area contributed by atoms with Crippen molar-refractivity contribution in [2.45, 2.75) is 18.8 Å². The highest BCUT2D eigenvalue weighted by molar-refractivity contribution is 5.62. The normalized spacial score (nSPS) is 17.5. The SMILES string of the molecule is ON=CC(F)C(F)CCF. The van der Waals surface area contributed by atoms with Crippen molar-refractivity contribution in [2.75, 3.05) is 6.67 Å². The Kier molecular flexibility index (Phi) is 4.70. The highest BCUT2D eigenvalue weighted by Crippen LogP contribution is 2.06. The molecule has 10 heavy (non-hydrogen) atoms. The third kappa shape index (κ3) is 3.32. The van der Waals surface area contributed by atoms with E-state index in [9.17, 15) is 13.2 Å². The molecule has 0 saturated carbocycles. The van der Waals surface area contributed by atoms with Crippen LogP contribution in [0.5, 0.6) is 0 Å². The molecule has 2 nitrogen and oxygen atoms in total. The monoisotopic (exact) mass is 155 g/mol. The van der Waals surface area contributed by atoms with Gasteiger partial charge in [-0.1, -0.05) is 5.16 Å². The van der Waals surface area contributed by atoms with E-state index in [0.717, 1.165) is 0 Å². The minimum atomic E-state index is -2.01. The van der Waals surface area contributed by atoms with Crippen LogP contribution in [0.3, 0.4) is 0 Å². The predicted molar refractivity (Wildman–Crippen MR) is 30.7 cm³/mol. The molecule has 0 aliphatic rings. The second-order valence-electron chi connectivity index (χ2n) is 1.70. The first-order valence-electron chi connectivity index (χ1n) is 2.74. The van der Waals surface area contributed by atoms with E-state index < -0.39 is 25.4 Å². The zero-order valence-corrected chi connectivity index (χ0v) is 5.17. The lowest BCUT2D eigenvalue weighted by Gasteiger charge is -2.04. The lowest BCUT2D eigenvalue weighted by Crippen LogP contribution is -2.19. The lowest BCUT2D eigenvalue weighted by molar-refractivity contribution is 0.193. The Bertz CT molecular complexity index is 109. The fourth-order valence-corrected chi connectivity index (χ4v) is 0.421. The Labute approximate surface area is 56.3 Å². The number of oxime groups is 1. The molecular weight excluding hydrogens is 147 g/mol.